The van der Waals surface area contributed by atoms with E-state index in [9.17, 15) is 25.9 Å². The highest BCUT2D eigenvalue weighted by molar-refractivity contribution is 7.81. The summed E-state index contributed by atoms with van der Waals surface area (Å²) in [5, 5.41) is 2.24. The number of anilines is 1. The number of carbonyl (C=O) groups is 1. The molecule has 0 aliphatic heterocycles. The minimum absolute atomic E-state index is 0.130. The van der Waals surface area contributed by atoms with Crippen LogP contribution in [0.15, 0.2) is 36.5 Å². The Balaban J connectivity index is 2.14. The number of hydrogen-bond donors (Lipinski definition) is 1. The Labute approximate surface area is 123 Å². The van der Waals surface area contributed by atoms with Gasteiger partial charge in [-0.2, -0.15) is 12.8 Å². The summed E-state index contributed by atoms with van der Waals surface area (Å²) in [6, 6.07) is 5.50. The van der Waals surface area contributed by atoms with E-state index in [2.05, 4.69) is 14.5 Å². The van der Waals surface area contributed by atoms with Crippen molar-refractivity contribution in [1.82, 2.24) is 4.98 Å². The molecule has 0 aliphatic rings. The van der Waals surface area contributed by atoms with Gasteiger partial charge in [-0.15, -0.1) is 0 Å². The van der Waals surface area contributed by atoms with Gasteiger partial charge < -0.3 is 9.50 Å². The molecule has 0 saturated carbocycles. The van der Waals surface area contributed by atoms with E-state index in [1.807, 2.05) is 0 Å². The van der Waals surface area contributed by atoms with Crippen molar-refractivity contribution >= 4 is 22.1 Å². The van der Waals surface area contributed by atoms with Crippen LogP contribution in [0.5, 0.6) is 5.75 Å². The van der Waals surface area contributed by atoms with Crippen molar-refractivity contribution in [1.29, 1.82) is 0 Å². The summed E-state index contributed by atoms with van der Waals surface area (Å²) in [5.74, 6) is -4.07. The molecule has 0 unspecified atom stereocenters. The molecule has 0 radical (unpaired) electrons. The lowest BCUT2D eigenvalue weighted by Crippen LogP contribution is -2.15. The van der Waals surface area contributed by atoms with Crippen molar-refractivity contribution < 1.29 is 30.1 Å². The normalized spacial score (nSPS) is 11.0. The third kappa shape index (κ3) is 3.95. The van der Waals surface area contributed by atoms with Gasteiger partial charge in [0.1, 0.15) is 5.75 Å². The zero-order valence-corrected chi connectivity index (χ0v) is 11.4. The minimum atomic E-state index is -5.15. The van der Waals surface area contributed by atoms with Gasteiger partial charge in [0.25, 0.3) is 5.91 Å². The van der Waals surface area contributed by atoms with E-state index in [0.29, 0.717) is 0 Å². The predicted molar refractivity (Wildman–Crippen MR) is 69.2 cm³/mol. The molecule has 0 spiro atoms. The summed E-state index contributed by atoms with van der Waals surface area (Å²) in [6.07, 6.45) is 0.927. The van der Waals surface area contributed by atoms with Crippen LogP contribution < -0.4 is 9.50 Å². The monoisotopic (exact) mass is 332 g/mol. The zero-order chi connectivity index (χ0) is 16.3. The highest BCUT2D eigenvalue weighted by atomic mass is 32.3. The van der Waals surface area contributed by atoms with Crippen LogP contribution in [-0.4, -0.2) is 19.3 Å². The fraction of sp³-hybridized carbons (Fsp3) is 0. The minimum Gasteiger partial charge on any atom is -0.358 e. The number of nitrogens with zero attached hydrogens (tertiary/aromatic N) is 1. The van der Waals surface area contributed by atoms with Crippen LogP contribution in [0.25, 0.3) is 0 Å². The van der Waals surface area contributed by atoms with Crippen LogP contribution in [0, 0.1) is 11.8 Å². The Morgan fingerprint density at radius 1 is 1.14 bits per heavy atom. The number of carbonyl (C=O) groups excluding carboxylic acids is 1. The van der Waals surface area contributed by atoms with Crippen LogP contribution >= 0.6 is 0 Å². The average molecular weight is 332 g/mol. The van der Waals surface area contributed by atoms with Crippen LogP contribution in [0.4, 0.5) is 18.4 Å². The van der Waals surface area contributed by atoms with Gasteiger partial charge in [0.15, 0.2) is 5.82 Å². The van der Waals surface area contributed by atoms with E-state index in [4.69, 9.17) is 0 Å². The van der Waals surface area contributed by atoms with Gasteiger partial charge in [-0.1, -0.05) is 3.89 Å². The molecular formula is C12H7F3N2O4S. The molecule has 0 bridgehead atoms. The van der Waals surface area contributed by atoms with Gasteiger partial charge in [0.05, 0.1) is 5.56 Å². The first kappa shape index (κ1) is 15.8. The number of hydrogen-bond acceptors (Lipinski definition) is 5. The van der Waals surface area contributed by atoms with Gasteiger partial charge >= 0.3 is 10.5 Å². The number of benzene rings is 1. The molecule has 1 aromatic heterocycles. The number of pyridine rings is 1. The third-order valence-electron chi connectivity index (χ3n) is 2.40. The van der Waals surface area contributed by atoms with Crippen molar-refractivity contribution in [3.8, 4) is 5.75 Å². The number of aromatic nitrogens is 1. The van der Waals surface area contributed by atoms with Gasteiger partial charge in [-0.3, -0.25) is 4.79 Å². The van der Waals surface area contributed by atoms with E-state index in [1.165, 1.54) is 12.1 Å². The highest BCUT2D eigenvalue weighted by Gasteiger charge is 2.16. The van der Waals surface area contributed by atoms with Crippen molar-refractivity contribution in [2.75, 3.05) is 5.32 Å². The Kier molecular flexibility index (Phi) is 4.31. The smallest absolute Gasteiger partial charge is 0.358 e. The first-order valence-electron chi connectivity index (χ1n) is 5.62. The Morgan fingerprint density at radius 3 is 2.36 bits per heavy atom. The average Bonchev–Trinajstić information content (AvgIpc) is 2.42. The lowest BCUT2D eigenvalue weighted by atomic mass is 10.2. The standard InChI is InChI=1S/C12H7F3N2O4S/c13-10-9(5-6-16-11(10)14)12(18)17-7-1-3-8(4-2-7)21-22(15,19)20/h1-6H,(H,17,18). The molecule has 0 saturated heterocycles. The Bertz CT molecular complexity index is 810. The molecule has 6 nitrogen and oxygen atoms in total. The second-order valence-electron chi connectivity index (χ2n) is 3.92. The highest BCUT2D eigenvalue weighted by Crippen LogP contribution is 2.19. The summed E-state index contributed by atoms with van der Waals surface area (Å²) >= 11 is 0. The molecule has 2 aromatic rings. The molecule has 116 valence electrons. The first-order valence-corrected chi connectivity index (χ1v) is 6.92. The van der Waals surface area contributed by atoms with Gasteiger partial charge in [-0.05, 0) is 30.3 Å². The van der Waals surface area contributed by atoms with E-state index in [1.54, 1.807) is 0 Å². The molecule has 0 fully saturated rings. The topological polar surface area (TPSA) is 85.4 Å². The molecule has 1 amide bonds. The van der Waals surface area contributed by atoms with E-state index in [-0.39, 0.29) is 11.4 Å². The predicted octanol–water partition coefficient (Wildman–Crippen LogP) is 2.21. The van der Waals surface area contributed by atoms with Crippen molar-refractivity contribution in [3.63, 3.8) is 0 Å². The summed E-state index contributed by atoms with van der Waals surface area (Å²) < 4.78 is 63.1. The first-order chi connectivity index (χ1) is 10.3. The lowest BCUT2D eigenvalue weighted by molar-refractivity contribution is 0.102. The number of halogens is 3. The largest absolute Gasteiger partial charge is 0.488 e. The molecule has 2 rings (SSSR count). The molecule has 0 atom stereocenters. The summed E-state index contributed by atoms with van der Waals surface area (Å²) in [6.45, 7) is 0. The van der Waals surface area contributed by atoms with E-state index in [0.717, 1.165) is 24.4 Å². The second-order valence-corrected chi connectivity index (χ2v) is 4.87. The molecule has 0 aliphatic carbocycles. The molecule has 10 heteroatoms. The molecular weight excluding hydrogens is 325 g/mol. The molecule has 1 N–H and O–H groups in total. The Hall–Kier alpha value is -2.62. The van der Waals surface area contributed by atoms with Crippen LogP contribution in [-0.2, 0) is 10.5 Å². The van der Waals surface area contributed by atoms with E-state index >= 15 is 0 Å². The van der Waals surface area contributed by atoms with Crippen LogP contribution in [0.3, 0.4) is 0 Å². The van der Waals surface area contributed by atoms with Crippen LogP contribution in [0.2, 0.25) is 0 Å². The SMILES string of the molecule is O=C(Nc1ccc(OS(=O)(=O)F)cc1)c1ccnc(F)c1F. The number of rotatable bonds is 4. The summed E-state index contributed by atoms with van der Waals surface area (Å²) in [4.78, 5) is 14.8. The fourth-order valence-corrected chi connectivity index (χ4v) is 1.84. The maximum Gasteiger partial charge on any atom is 0.488 e. The van der Waals surface area contributed by atoms with Gasteiger partial charge in [0, 0.05) is 11.9 Å². The zero-order valence-electron chi connectivity index (χ0n) is 10.6. The maximum absolute atomic E-state index is 13.4. The second kappa shape index (κ2) is 6.02. The Morgan fingerprint density at radius 2 is 1.77 bits per heavy atom. The van der Waals surface area contributed by atoms with E-state index < -0.39 is 33.7 Å². The number of amides is 1. The quantitative estimate of drug-likeness (QED) is 0.685. The number of nitrogens with one attached hydrogen (secondary N) is 1. The fourth-order valence-electron chi connectivity index (χ4n) is 1.50. The lowest BCUT2D eigenvalue weighted by Gasteiger charge is -2.07. The van der Waals surface area contributed by atoms with Crippen molar-refractivity contribution in [2.45, 2.75) is 0 Å². The van der Waals surface area contributed by atoms with Gasteiger partial charge in [-0.25, -0.2) is 9.37 Å². The molecule has 22 heavy (non-hydrogen) atoms. The molecule has 1 heterocycles. The van der Waals surface area contributed by atoms with Crippen LogP contribution in [0.1, 0.15) is 10.4 Å². The summed E-state index contributed by atoms with van der Waals surface area (Å²) in [7, 11) is -5.15. The third-order valence-corrected chi connectivity index (χ3v) is 2.79. The molecule has 1 aromatic carbocycles. The maximum atomic E-state index is 13.4. The van der Waals surface area contributed by atoms with Crippen molar-refractivity contribution in [2.24, 2.45) is 0 Å². The van der Waals surface area contributed by atoms with Crippen molar-refractivity contribution in [3.05, 3.63) is 53.9 Å². The summed E-state index contributed by atoms with van der Waals surface area (Å²) in [5.41, 5.74) is -0.426. The van der Waals surface area contributed by atoms with Gasteiger partial charge in [0.2, 0.25) is 5.95 Å².